The Bertz CT molecular complexity index is 1490. The molecule has 5 rings (SSSR count). The Labute approximate surface area is 255 Å². The van der Waals surface area contributed by atoms with E-state index < -0.39 is 29.4 Å². The molecule has 43 heavy (non-hydrogen) atoms. The van der Waals surface area contributed by atoms with Gasteiger partial charge in [-0.1, -0.05) is 96.1 Å². The molecule has 0 saturated carbocycles. The molecule has 7 heteroatoms. The third-order valence-corrected chi connectivity index (χ3v) is 8.91. The molecule has 0 aromatic heterocycles. The van der Waals surface area contributed by atoms with Crippen LogP contribution in [0.3, 0.4) is 0 Å². The fourth-order valence-corrected chi connectivity index (χ4v) is 6.84. The molecule has 0 radical (unpaired) electrons. The lowest BCUT2D eigenvalue weighted by atomic mass is 9.72. The third kappa shape index (κ3) is 5.87. The number of likely N-dealkylation sites (tertiary alicyclic amines) is 1. The molecular weight excluding hydrogens is 540 g/mol. The number of ether oxygens (including phenoxy) is 2. The van der Waals surface area contributed by atoms with E-state index in [9.17, 15) is 14.7 Å². The average Bonchev–Trinajstić information content (AvgIpc) is 3.58. The van der Waals surface area contributed by atoms with Crippen molar-refractivity contribution in [1.82, 2.24) is 10.2 Å². The smallest absolute Gasteiger partial charge is 0.326 e. The van der Waals surface area contributed by atoms with Gasteiger partial charge >= 0.3 is 5.97 Å². The van der Waals surface area contributed by atoms with E-state index in [0.717, 1.165) is 28.9 Å². The van der Waals surface area contributed by atoms with Crippen LogP contribution in [-0.2, 0) is 23.2 Å². The number of hydrogen-bond acceptors (Lipinski definition) is 5. The van der Waals surface area contributed by atoms with E-state index in [-0.39, 0.29) is 17.4 Å². The highest BCUT2D eigenvalue weighted by atomic mass is 16.5. The number of amides is 1. The van der Waals surface area contributed by atoms with Gasteiger partial charge in [-0.3, -0.25) is 4.79 Å². The third-order valence-electron chi connectivity index (χ3n) is 8.91. The van der Waals surface area contributed by atoms with Gasteiger partial charge in [0, 0.05) is 30.5 Å². The van der Waals surface area contributed by atoms with Gasteiger partial charge in [-0.15, -0.1) is 0 Å². The molecule has 7 nitrogen and oxygen atoms in total. The molecule has 3 aromatic carbocycles. The van der Waals surface area contributed by atoms with Crippen LogP contribution in [0.25, 0.3) is 0 Å². The molecule has 0 spiro atoms. The lowest BCUT2D eigenvalue weighted by Gasteiger charge is -2.35. The average molecular weight is 585 g/mol. The SMILES string of the molecule is COc1ccc(C(C)(C)C)cc1CN[C@H]1[C@H](C(C)(C)C)[C@@H](C(=O)O)N(C(=O)c2cccc3c2OCC3)[C@H]1c1ccccc1. The van der Waals surface area contributed by atoms with Crippen molar-refractivity contribution in [2.75, 3.05) is 13.7 Å². The first-order valence-corrected chi connectivity index (χ1v) is 15.1. The summed E-state index contributed by atoms with van der Waals surface area (Å²) in [5.41, 5.74) is 3.94. The quantitative estimate of drug-likeness (QED) is 0.334. The highest BCUT2D eigenvalue weighted by Crippen LogP contribution is 2.49. The van der Waals surface area contributed by atoms with Crippen molar-refractivity contribution < 1.29 is 24.2 Å². The van der Waals surface area contributed by atoms with Crippen molar-refractivity contribution >= 4 is 11.9 Å². The number of para-hydroxylation sites is 1. The molecule has 1 saturated heterocycles. The number of nitrogens with one attached hydrogen (secondary N) is 1. The van der Waals surface area contributed by atoms with E-state index in [1.807, 2.05) is 48.5 Å². The van der Waals surface area contributed by atoms with Crippen LogP contribution in [-0.4, -0.2) is 47.7 Å². The molecule has 2 aliphatic rings. The number of fused-ring (bicyclic) bond motifs is 1. The number of hydrogen-bond donors (Lipinski definition) is 2. The van der Waals surface area contributed by atoms with Crippen LogP contribution in [0.5, 0.6) is 11.5 Å². The summed E-state index contributed by atoms with van der Waals surface area (Å²) in [6.45, 7) is 13.7. The van der Waals surface area contributed by atoms with Crippen LogP contribution >= 0.6 is 0 Å². The number of methoxy groups -OCH3 is 1. The molecule has 2 heterocycles. The normalized spacial score (nSPS) is 21.8. The Morgan fingerprint density at radius 3 is 2.35 bits per heavy atom. The molecule has 2 N–H and O–H groups in total. The van der Waals surface area contributed by atoms with Crippen LogP contribution in [0, 0.1) is 11.3 Å². The van der Waals surface area contributed by atoms with Gasteiger partial charge in [0.15, 0.2) is 0 Å². The van der Waals surface area contributed by atoms with Crippen molar-refractivity contribution in [3.05, 3.63) is 94.5 Å². The molecular formula is C36H44N2O5. The van der Waals surface area contributed by atoms with E-state index in [0.29, 0.717) is 24.5 Å². The first kappa shape index (κ1) is 30.6. The highest BCUT2D eigenvalue weighted by molar-refractivity contribution is 6.00. The molecule has 0 aliphatic carbocycles. The minimum atomic E-state index is -1.06. The topological polar surface area (TPSA) is 88.1 Å². The summed E-state index contributed by atoms with van der Waals surface area (Å²) in [5, 5.41) is 14.6. The largest absolute Gasteiger partial charge is 0.496 e. The van der Waals surface area contributed by atoms with Gasteiger partial charge in [-0.2, -0.15) is 0 Å². The zero-order valence-electron chi connectivity index (χ0n) is 26.3. The van der Waals surface area contributed by atoms with Gasteiger partial charge in [-0.25, -0.2) is 4.79 Å². The summed E-state index contributed by atoms with van der Waals surface area (Å²) >= 11 is 0. The van der Waals surface area contributed by atoms with Crippen molar-refractivity contribution in [2.45, 2.75) is 78.0 Å². The Morgan fingerprint density at radius 1 is 1.00 bits per heavy atom. The number of aliphatic carboxylic acids is 1. The van der Waals surface area contributed by atoms with Gasteiger partial charge in [0.05, 0.1) is 25.3 Å². The molecule has 228 valence electrons. The van der Waals surface area contributed by atoms with Crippen LogP contribution < -0.4 is 14.8 Å². The second-order valence-electron chi connectivity index (χ2n) is 13.8. The summed E-state index contributed by atoms with van der Waals surface area (Å²) in [5.74, 6) is -0.420. The standard InChI is InChI=1S/C36H44N2O5/c1-35(2,3)25-16-17-27(42-7)24(20-25)21-37-29-28(36(4,5)6)31(34(40)41)38(30(29)22-12-9-8-10-13-22)33(39)26-15-11-14-23-18-19-43-32(23)26/h8-17,20,28-31,37H,18-19,21H2,1-7H3,(H,40,41)/t28-,29-,30-,31-/m0/s1. The zero-order valence-corrected chi connectivity index (χ0v) is 26.3. The number of nitrogens with zero attached hydrogens (tertiary/aromatic N) is 1. The number of carboxylic acid groups (broad SMARTS) is 1. The predicted molar refractivity (Wildman–Crippen MR) is 168 cm³/mol. The first-order valence-electron chi connectivity index (χ1n) is 15.1. The minimum Gasteiger partial charge on any atom is -0.496 e. The second-order valence-corrected chi connectivity index (χ2v) is 13.8. The molecule has 2 aliphatic heterocycles. The fraction of sp³-hybridized carbons (Fsp3) is 0.444. The number of carboxylic acids is 1. The van der Waals surface area contributed by atoms with Crippen LogP contribution in [0.4, 0.5) is 0 Å². The van der Waals surface area contributed by atoms with E-state index in [4.69, 9.17) is 9.47 Å². The molecule has 0 unspecified atom stereocenters. The molecule has 1 fully saturated rings. The van der Waals surface area contributed by atoms with Crippen molar-refractivity contribution in [3.63, 3.8) is 0 Å². The van der Waals surface area contributed by atoms with E-state index in [2.05, 4.69) is 59.0 Å². The molecule has 1 amide bonds. The van der Waals surface area contributed by atoms with Gasteiger partial charge in [0.1, 0.15) is 17.5 Å². The summed E-state index contributed by atoms with van der Waals surface area (Å²) in [6.07, 6.45) is 0.727. The van der Waals surface area contributed by atoms with E-state index >= 15 is 0 Å². The van der Waals surface area contributed by atoms with Gasteiger partial charge in [0.2, 0.25) is 0 Å². The Balaban J connectivity index is 1.64. The van der Waals surface area contributed by atoms with Crippen LogP contribution in [0.15, 0.2) is 66.7 Å². The van der Waals surface area contributed by atoms with Crippen LogP contribution in [0.2, 0.25) is 0 Å². The second kappa shape index (κ2) is 11.7. The van der Waals surface area contributed by atoms with Crippen LogP contribution in [0.1, 0.15) is 80.2 Å². The lowest BCUT2D eigenvalue weighted by Crippen LogP contribution is -2.48. The van der Waals surface area contributed by atoms with Gasteiger partial charge in [0.25, 0.3) is 5.91 Å². The number of rotatable bonds is 7. The first-order chi connectivity index (χ1) is 20.3. The molecule has 0 bridgehead atoms. The summed E-state index contributed by atoms with van der Waals surface area (Å²) in [6, 6.07) is 19.6. The summed E-state index contributed by atoms with van der Waals surface area (Å²) in [4.78, 5) is 29.4. The zero-order chi connectivity index (χ0) is 31.1. The highest BCUT2D eigenvalue weighted by Gasteiger charge is 2.58. The monoisotopic (exact) mass is 584 g/mol. The molecule has 3 aromatic rings. The Hall–Kier alpha value is -3.84. The van der Waals surface area contributed by atoms with E-state index in [1.54, 1.807) is 18.1 Å². The number of carbonyl (C=O) groups is 2. The number of carbonyl (C=O) groups excluding carboxylic acids is 1. The minimum absolute atomic E-state index is 0.0511. The van der Waals surface area contributed by atoms with Crippen molar-refractivity contribution in [3.8, 4) is 11.5 Å². The number of benzene rings is 3. The Kier molecular flexibility index (Phi) is 8.32. The van der Waals surface area contributed by atoms with Crippen molar-refractivity contribution in [1.29, 1.82) is 0 Å². The summed E-state index contributed by atoms with van der Waals surface area (Å²) < 4.78 is 11.7. The molecule has 4 atom stereocenters. The summed E-state index contributed by atoms with van der Waals surface area (Å²) in [7, 11) is 1.66. The van der Waals surface area contributed by atoms with Crippen molar-refractivity contribution in [2.24, 2.45) is 11.3 Å². The van der Waals surface area contributed by atoms with Gasteiger partial charge in [-0.05, 0) is 39.7 Å². The Morgan fingerprint density at radius 2 is 1.72 bits per heavy atom. The van der Waals surface area contributed by atoms with E-state index in [1.165, 1.54) is 5.56 Å². The maximum Gasteiger partial charge on any atom is 0.326 e. The maximum atomic E-state index is 14.6. The lowest BCUT2D eigenvalue weighted by molar-refractivity contribution is -0.144. The maximum absolute atomic E-state index is 14.6. The van der Waals surface area contributed by atoms with Gasteiger partial charge < -0.3 is 24.8 Å². The predicted octanol–water partition coefficient (Wildman–Crippen LogP) is 6.40. The fourth-order valence-electron chi connectivity index (χ4n) is 6.84.